The smallest absolute Gasteiger partial charge is 0.0671 e. The summed E-state index contributed by atoms with van der Waals surface area (Å²) in [7, 11) is -1.22. The van der Waals surface area contributed by atoms with Gasteiger partial charge in [-0.1, -0.05) is 59.9 Å². The topological polar surface area (TPSA) is 4.93 Å². The molecule has 0 spiro atoms. The molecule has 2 aliphatic carbocycles. The number of nitrogens with zero attached hydrogens (tertiary/aromatic N) is 1. The van der Waals surface area contributed by atoms with Crippen LogP contribution in [0.3, 0.4) is 0 Å². The van der Waals surface area contributed by atoms with E-state index in [0.29, 0.717) is 5.92 Å². The van der Waals surface area contributed by atoms with E-state index in [4.69, 9.17) is 0 Å². The molecule has 1 heterocycles. The highest BCUT2D eigenvalue weighted by molar-refractivity contribution is 9.10. The van der Waals surface area contributed by atoms with Gasteiger partial charge in [0.05, 0.1) is 8.07 Å². The van der Waals surface area contributed by atoms with Crippen molar-refractivity contribution in [2.24, 2.45) is 5.92 Å². The Balaban J connectivity index is 2.19. The van der Waals surface area contributed by atoms with Gasteiger partial charge in [0.25, 0.3) is 0 Å². The van der Waals surface area contributed by atoms with Crippen LogP contribution < -0.4 is 10.6 Å². The van der Waals surface area contributed by atoms with Crippen LogP contribution in [0.25, 0.3) is 22.0 Å². The van der Waals surface area contributed by atoms with Gasteiger partial charge >= 0.3 is 0 Å². The Morgan fingerprint density at radius 1 is 1.17 bits per heavy atom. The standard InChI is InChI=1S/C20H22BrNSi/c1-13-15-7-5-6-8-16(15)19-17-11-14(21)9-10-18(17)22(20(13)19)12-23(2,3)4/h5-11,15H,12H2,1-4H3. The zero-order chi connectivity index (χ0) is 16.4. The van der Waals surface area contributed by atoms with Crippen LogP contribution in [0.1, 0.15) is 6.92 Å². The minimum Gasteiger partial charge on any atom is -0.344 e. The highest BCUT2D eigenvalue weighted by atomic mass is 79.9. The molecule has 1 unspecified atom stereocenters. The first-order valence-electron chi connectivity index (χ1n) is 8.24. The quantitative estimate of drug-likeness (QED) is 0.678. The number of benzene rings is 1. The highest BCUT2D eigenvalue weighted by Crippen LogP contribution is 2.31. The van der Waals surface area contributed by atoms with Crippen molar-refractivity contribution in [3.63, 3.8) is 0 Å². The summed E-state index contributed by atoms with van der Waals surface area (Å²) in [5.41, 5.74) is 4.35. The van der Waals surface area contributed by atoms with Crippen molar-refractivity contribution in [2.75, 3.05) is 0 Å². The molecule has 1 atom stereocenters. The van der Waals surface area contributed by atoms with E-state index in [1.165, 1.54) is 38.8 Å². The Bertz CT molecular complexity index is 999. The molecule has 0 radical (unpaired) electrons. The normalized spacial score (nSPS) is 19.6. The molecule has 2 aromatic rings. The van der Waals surface area contributed by atoms with Crippen LogP contribution >= 0.6 is 15.9 Å². The van der Waals surface area contributed by atoms with Crippen molar-refractivity contribution >= 4 is 46.1 Å². The van der Waals surface area contributed by atoms with E-state index in [9.17, 15) is 0 Å². The van der Waals surface area contributed by atoms with Crippen LogP contribution in [-0.2, 0) is 6.17 Å². The third-order valence-electron chi connectivity index (χ3n) is 4.81. The van der Waals surface area contributed by atoms with E-state index in [-0.39, 0.29) is 0 Å². The first kappa shape index (κ1) is 15.2. The maximum atomic E-state index is 3.67. The molecule has 0 N–H and O–H groups in total. The second kappa shape index (κ2) is 5.09. The molecule has 0 bridgehead atoms. The zero-order valence-electron chi connectivity index (χ0n) is 14.2. The Kier molecular flexibility index (Phi) is 3.36. The van der Waals surface area contributed by atoms with E-state index in [1.807, 2.05) is 0 Å². The second-order valence-electron chi connectivity index (χ2n) is 7.89. The summed E-state index contributed by atoms with van der Waals surface area (Å²) in [5.74, 6) is 0.460. The Morgan fingerprint density at radius 2 is 1.96 bits per heavy atom. The van der Waals surface area contributed by atoms with Crippen LogP contribution in [0, 0.1) is 5.92 Å². The summed E-state index contributed by atoms with van der Waals surface area (Å²) < 4.78 is 3.76. The molecule has 1 aromatic heterocycles. The lowest BCUT2D eigenvalue weighted by molar-refractivity contribution is 0.855. The van der Waals surface area contributed by atoms with Crippen molar-refractivity contribution in [2.45, 2.75) is 32.7 Å². The summed E-state index contributed by atoms with van der Waals surface area (Å²) in [5, 5.41) is 4.32. The molecule has 4 rings (SSSR count). The van der Waals surface area contributed by atoms with E-state index >= 15 is 0 Å². The molecule has 1 nitrogen and oxygen atoms in total. The molecule has 0 amide bonds. The fraction of sp³-hybridized carbons (Fsp3) is 0.300. The minimum atomic E-state index is -1.22. The summed E-state index contributed by atoms with van der Waals surface area (Å²) in [4.78, 5) is 0. The predicted octanol–water partition coefficient (Wildman–Crippen LogP) is 4.36. The summed E-state index contributed by atoms with van der Waals surface area (Å²) in [6.07, 6.45) is 10.2. The Labute approximate surface area is 146 Å². The molecular formula is C20H22BrNSi. The number of halogens is 1. The molecule has 0 saturated carbocycles. The summed E-state index contributed by atoms with van der Waals surface area (Å²) >= 11 is 3.67. The number of rotatable bonds is 2. The number of hydrogen-bond donors (Lipinski definition) is 0. The van der Waals surface area contributed by atoms with Gasteiger partial charge in [0.2, 0.25) is 0 Å². The van der Waals surface area contributed by atoms with Crippen LogP contribution in [0.5, 0.6) is 0 Å². The summed E-state index contributed by atoms with van der Waals surface area (Å²) in [6.45, 7) is 9.67. The van der Waals surface area contributed by atoms with Crippen LogP contribution in [-0.4, -0.2) is 12.6 Å². The van der Waals surface area contributed by atoms with Crippen molar-refractivity contribution < 1.29 is 0 Å². The highest BCUT2D eigenvalue weighted by Gasteiger charge is 2.27. The first-order valence-corrected chi connectivity index (χ1v) is 12.7. The SMILES string of the molecule is CC1=c2c(c3cc(Br)ccc3n2C[Si](C)(C)C)=C2C=CC=CC21. The molecular weight excluding hydrogens is 362 g/mol. The third-order valence-corrected chi connectivity index (χ3v) is 6.57. The van der Waals surface area contributed by atoms with Gasteiger partial charge in [0, 0.05) is 38.0 Å². The van der Waals surface area contributed by atoms with E-state index in [0.717, 1.165) is 4.47 Å². The lowest BCUT2D eigenvalue weighted by atomic mass is 9.91. The lowest BCUT2D eigenvalue weighted by Crippen LogP contribution is -2.37. The summed E-state index contributed by atoms with van der Waals surface area (Å²) in [6, 6.07) is 6.75. The Hall–Kier alpha value is -1.32. The number of fused-ring (bicyclic) bond motifs is 4. The van der Waals surface area contributed by atoms with Crippen molar-refractivity contribution in [1.82, 2.24) is 4.57 Å². The largest absolute Gasteiger partial charge is 0.344 e. The van der Waals surface area contributed by atoms with Gasteiger partial charge in [-0.15, -0.1) is 0 Å². The second-order valence-corrected chi connectivity index (χ2v) is 14.2. The first-order chi connectivity index (χ1) is 10.9. The van der Waals surface area contributed by atoms with Gasteiger partial charge in [-0.05, 0) is 36.3 Å². The average molecular weight is 384 g/mol. The maximum Gasteiger partial charge on any atom is 0.0671 e. The van der Waals surface area contributed by atoms with Gasteiger partial charge in [-0.2, -0.15) is 0 Å². The van der Waals surface area contributed by atoms with Crippen LogP contribution in [0.4, 0.5) is 0 Å². The number of allylic oxidation sites excluding steroid dienone is 4. The minimum absolute atomic E-state index is 0.460. The van der Waals surface area contributed by atoms with Crippen molar-refractivity contribution in [3.05, 3.63) is 57.5 Å². The van der Waals surface area contributed by atoms with Crippen LogP contribution in [0.15, 0.2) is 47.0 Å². The predicted molar refractivity (Wildman–Crippen MR) is 106 cm³/mol. The van der Waals surface area contributed by atoms with E-state index in [1.54, 1.807) is 0 Å². The molecule has 0 fully saturated rings. The molecule has 23 heavy (non-hydrogen) atoms. The zero-order valence-corrected chi connectivity index (χ0v) is 16.7. The van der Waals surface area contributed by atoms with E-state index < -0.39 is 8.07 Å². The molecule has 118 valence electrons. The molecule has 0 aliphatic heterocycles. The molecule has 2 aliphatic rings. The molecule has 1 aromatic carbocycles. The fourth-order valence-corrected chi connectivity index (χ4v) is 5.61. The van der Waals surface area contributed by atoms with Gasteiger partial charge < -0.3 is 4.57 Å². The fourth-order valence-electron chi connectivity index (χ4n) is 3.97. The number of aromatic nitrogens is 1. The van der Waals surface area contributed by atoms with E-state index in [2.05, 4.69) is 89.6 Å². The third kappa shape index (κ3) is 2.33. The number of hydrogen-bond acceptors (Lipinski definition) is 0. The van der Waals surface area contributed by atoms with Gasteiger partial charge in [-0.25, -0.2) is 0 Å². The Morgan fingerprint density at radius 3 is 2.70 bits per heavy atom. The monoisotopic (exact) mass is 383 g/mol. The molecule has 0 saturated heterocycles. The van der Waals surface area contributed by atoms with Crippen molar-refractivity contribution in [1.29, 1.82) is 0 Å². The van der Waals surface area contributed by atoms with Crippen LogP contribution in [0.2, 0.25) is 19.6 Å². The maximum absolute atomic E-state index is 3.67. The van der Waals surface area contributed by atoms with Gasteiger partial charge in [0.15, 0.2) is 0 Å². The lowest BCUT2D eigenvalue weighted by Gasteiger charge is -2.20. The van der Waals surface area contributed by atoms with Gasteiger partial charge in [0.1, 0.15) is 0 Å². The van der Waals surface area contributed by atoms with Gasteiger partial charge in [-0.3, -0.25) is 0 Å². The molecule has 3 heteroatoms. The van der Waals surface area contributed by atoms with Crippen molar-refractivity contribution in [3.8, 4) is 0 Å². The average Bonchev–Trinajstić information content (AvgIpc) is 2.93.